The molecular formula is C21H31F. The van der Waals surface area contributed by atoms with Gasteiger partial charge in [0.1, 0.15) is 5.67 Å². The van der Waals surface area contributed by atoms with Crippen molar-refractivity contribution in [2.75, 3.05) is 0 Å². The van der Waals surface area contributed by atoms with E-state index < -0.39 is 5.67 Å². The van der Waals surface area contributed by atoms with Crippen molar-refractivity contribution in [1.29, 1.82) is 0 Å². The van der Waals surface area contributed by atoms with Gasteiger partial charge in [0.15, 0.2) is 0 Å². The van der Waals surface area contributed by atoms with Crippen LogP contribution < -0.4 is 0 Å². The van der Waals surface area contributed by atoms with E-state index in [1.54, 1.807) is 13.8 Å². The molecule has 0 nitrogen and oxygen atoms in total. The van der Waals surface area contributed by atoms with E-state index in [1.165, 1.54) is 16.7 Å². The minimum absolute atomic E-state index is 0.137. The van der Waals surface area contributed by atoms with Crippen molar-refractivity contribution in [3.63, 3.8) is 0 Å². The van der Waals surface area contributed by atoms with E-state index in [4.69, 9.17) is 0 Å². The van der Waals surface area contributed by atoms with Crippen LogP contribution in [0.3, 0.4) is 0 Å². The highest BCUT2D eigenvalue weighted by atomic mass is 19.1. The number of rotatable bonds is 4. The Morgan fingerprint density at radius 2 is 1.73 bits per heavy atom. The summed E-state index contributed by atoms with van der Waals surface area (Å²) in [5.74, 6) is 0. The zero-order chi connectivity index (χ0) is 17.1. The molecule has 1 heteroatoms. The number of hydrogen-bond acceptors (Lipinski definition) is 0. The first-order chi connectivity index (χ1) is 10.0. The summed E-state index contributed by atoms with van der Waals surface area (Å²) in [7, 11) is 0. The molecule has 0 aliphatic heterocycles. The number of allylic oxidation sites excluding steroid dienone is 4. The van der Waals surface area contributed by atoms with Gasteiger partial charge in [-0.2, -0.15) is 0 Å². The van der Waals surface area contributed by atoms with E-state index in [0.29, 0.717) is 0 Å². The molecule has 0 aliphatic carbocycles. The number of hydrogen-bond donors (Lipinski definition) is 0. The maximum atomic E-state index is 14.3. The summed E-state index contributed by atoms with van der Waals surface area (Å²) >= 11 is 0. The molecule has 1 rings (SSSR count). The fourth-order valence-electron chi connectivity index (χ4n) is 2.29. The molecule has 1 aromatic rings. The van der Waals surface area contributed by atoms with Crippen LogP contribution in [0.4, 0.5) is 4.39 Å². The normalized spacial score (nSPS) is 14.4. The molecule has 0 heterocycles. The largest absolute Gasteiger partial charge is 0.239 e. The Kier molecular flexibility index (Phi) is 5.78. The average Bonchev–Trinajstić information content (AvgIpc) is 2.41. The van der Waals surface area contributed by atoms with Crippen molar-refractivity contribution in [3.05, 3.63) is 52.6 Å². The van der Waals surface area contributed by atoms with Crippen molar-refractivity contribution in [2.45, 2.75) is 67.5 Å². The molecule has 0 saturated carbocycles. The molecule has 0 spiro atoms. The van der Waals surface area contributed by atoms with Gasteiger partial charge in [0, 0.05) is 0 Å². The van der Waals surface area contributed by atoms with Gasteiger partial charge in [-0.3, -0.25) is 0 Å². The minimum Gasteiger partial charge on any atom is -0.239 e. The number of aryl methyl sites for hydroxylation is 1. The maximum Gasteiger partial charge on any atom is 0.130 e. The maximum absolute atomic E-state index is 14.3. The summed E-state index contributed by atoms with van der Waals surface area (Å²) in [6.07, 6.45) is 5.31. The van der Waals surface area contributed by atoms with Crippen LogP contribution >= 0.6 is 0 Å². The monoisotopic (exact) mass is 302 g/mol. The third-order valence-electron chi connectivity index (χ3n) is 4.35. The highest BCUT2D eigenvalue weighted by Gasteiger charge is 2.21. The predicted molar refractivity (Wildman–Crippen MR) is 96.8 cm³/mol. The van der Waals surface area contributed by atoms with Gasteiger partial charge in [-0.25, -0.2) is 4.39 Å². The number of alkyl halides is 1. The van der Waals surface area contributed by atoms with Crippen LogP contribution in [0.25, 0.3) is 5.57 Å². The van der Waals surface area contributed by atoms with Crippen molar-refractivity contribution in [1.82, 2.24) is 0 Å². The standard InChI is InChI=1S/C21H31F/c1-9-16-11-12-18(21(7,8)22)14-19(16)17(10-2)13-15(3)20(4,5)6/h10-14H,9H2,1-8H3/b15-13+,17-10+. The summed E-state index contributed by atoms with van der Waals surface area (Å²) < 4.78 is 14.3. The van der Waals surface area contributed by atoms with E-state index in [2.05, 4.69) is 59.8 Å². The van der Waals surface area contributed by atoms with E-state index in [-0.39, 0.29) is 5.41 Å². The van der Waals surface area contributed by atoms with Gasteiger partial charge >= 0.3 is 0 Å². The fraction of sp³-hybridized carbons (Fsp3) is 0.524. The van der Waals surface area contributed by atoms with Crippen LogP contribution in [0, 0.1) is 5.41 Å². The Morgan fingerprint density at radius 3 is 2.14 bits per heavy atom. The van der Waals surface area contributed by atoms with Crippen LogP contribution in [0.2, 0.25) is 0 Å². The summed E-state index contributed by atoms with van der Waals surface area (Å²) in [6, 6.07) is 5.99. The summed E-state index contributed by atoms with van der Waals surface area (Å²) in [5, 5.41) is 0. The molecule has 0 aliphatic rings. The third kappa shape index (κ3) is 4.56. The smallest absolute Gasteiger partial charge is 0.130 e. The summed E-state index contributed by atoms with van der Waals surface area (Å²) in [6.45, 7) is 16.2. The lowest BCUT2D eigenvalue weighted by molar-refractivity contribution is 0.221. The number of benzene rings is 1. The lowest BCUT2D eigenvalue weighted by Gasteiger charge is -2.22. The predicted octanol–water partition coefficient (Wildman–Crippen LogP) is 6.85. The first kappa shape index (κ1) is 18.7. The number of halogens is 1. The highest BCUT2D eigenvalue weighted by molar-refractivity contribution is 5.77. The Balaban J connectivity index is 3.45. The van der Waals surface area contributed by atoms with Crippen LogP contribution in [0.5, 0.6) is 0 Å². The molecule has 0 atom stereocenters. The molecule has 1 aromatic carbocycles. The molecule has 22 heavy (non-hydrogen) atoms. The highest BCUT2D eigenvalue weighted by Crippen LogP contribution is 2.33. The van der Waals surface area contributed by atoms with Crippen LogP contribution in [-0.2, 0) is 12.1 Å². The lowest BCUT2D eigenvalue weighted by atomic mass is 9.84. The Labute approximate surface area is 136 Å². The molecule has 0 saturated heterocycles. The summed E-state index contributed by atoms with van der Waals surface area (Å²) in [4.78, 5) is 0. The van der Waals surface area contributed by atoms with Gasteiger partial charge in [-0.1, -0.05) is 57.6 Å². The molecule has 0 N–H and O–H groups in total. The zero-order valence-electron chi connectivity index (χ0n) is 15.5. The first-order valence-corrected chi connectivity index (χ1v) is 8.18. The van der Waals surface area contributed by atoms with Gasteiger partial charge in [-0.15, -0.1) is 0 Å². The van der Waals surface area contributed by atoms with Crippen LogP contribution in [0.15, 0.2) is 35.9 Å². The molecule has 0 unspecified atom stereocenters. The van der Waals surface area contributed by atoms with E-state index >= 15 is 0 Å². The van der Waals surface area contributed by atoms with Crippen LogP contribution in [-0.4, -0.2) is 0 Å². The Bertz CT molecular complexity index is 575. The van der Waals surface area contributed by atoms with Gasteiger partial charge < -0.3 is 0 Å². The van der Waals surface area contributed by atoms with Crippen molar-refractivity contribution in [2.24, 2.45) is 5.41 Å². The SMILES string of the molecule is C/C=C(\C=C(/C)C(C)(C)C)c1cc(C(C)(C)F)ccc1CC. The van der Waals surface area contributed by atoms with Gasteiger partial charge in [0.05, 0.1) is 0 Å². The quantitative estimate of drug-likeness (QED) is 0.533. The second-order valence-corrected chi connectivity index (χ2v) is 7.52. The van der Waals surface area contributed by atoms with E-state index in [1.807, 2.05) is 12.1 Å². The second-order valence-electron chi connectivity index (χ2n) is 7.52. The van der Waals surface area contributed by atoms with E-state index in [9.17, 15) is 4.39 Å². The van der Waals surface area contributed by atoms with Crippen molar-refractivity contribution in [3.8, 4) is 0 Å². The lowest BCUT2D eigenvalue weighted by Crippen LogP contribution is -2.10. The molecule has 0 aromatic heterocycles. The van der Waals surface area contributed by atoms with Gasteiger partial charge in [-0.05, 0) is 67.9 Å². The molecule has 0 fully saturated rings. The van der Waals surface area contributed by atoms with Crippen molar-refractivity contribution >= 4 is 5.57 Å². The van der Waals surface area contributed by atoms with Gasteiger partial charge in [0.25, 0.3) is 0 Å². The Morgan fingerprint density at radius 1 is 1.14 bits per heavy atom. The molecule has 122 valence electrons. The third-order valence-corrected chi connectivity index (χ3v) is 4.35. The topological polar surface area (TPSA) is 0 Å². The molecule has 0 radical (unpaired) electrons. The molecule has 0 amide bonds. The minimum atomic E-state index is -1.32. The summed E-state index contributed by atoms with van der Waals surface area (Å²) in [5.41, 5.74) is 4.47. The molecule has 0 bridgehead atoms. The van der Waals surface area contributed by atoms with Gasteiger partial charge in [0.2, 0.25) is 0 Å². The van der Waals surface area contributed by atoms with Crippen molar-refractivity contribution < 1.29 is 4.39 Å². The van der Waals surface area contributed by atoms with Crippen LogP contribution in [0.1, 0.15) is 72.1 Å². The fourth-order valence-corrected chi connectivity index (χ4v) is 2.29. The zero-order valence-corrected chi connectivity index (χ0v) is 15.5. The Hall–Kier alpha value is -1.37. The second kappa shape index (κ2) is 6.81. The first-order valence-electron chi connectivity index (χ1n) is 8.18. The molecular weight excluding hydrogens is 271 g/mol. The average molecular weight is 302 g/mol. The van der Waals surface area contributed by atoms with E-state index in [0.717, 1.165) is 17.5 Å².